The second kappa shape index (κ2) is 3.91. The zero-order valence-electron chi connectivity index (χ0n) is 5.81. The largest absolute Gasteiger partial charge is 0.175 e. The molecule has 0 amide bonds. The maximum Gasteiger partial charge on any atom is 0.0415 e. The Hall–Kier alpha value is -1.12. The van der Waals surface area contributed by atoms with E-state index in [4.69, 9.17) is 5.53 Å². The Morgan fingerprint density at radius 1 is 1.45 bits per heavy atom. The summed E-state index contributed by atoms with van der Waals surface area (Å²) in [4.78, 5) is 2.71. The number of azide groups is 1. The van der Waals surface area contributed by atoms with Gasteiger partial charge in [0.15, 0.2) is 0 Å². The van der Waals surface area contributed by atoms with Crippen LogP contribution in [-0.2, 0) is 5.75 Å². The van der Waals surface area contributed by atoms with E-state index in [0.717, 1.165) is 5.56 Å². The molecule has 0 aromatic heterocycles. The van der Waals surface area contributed by atoms with E-state index >= 15 is 0 Å². The standard InChI is InChI=1S/C7H7N3S/c8-10-9-7-4-2-1-3-6(7)5-11/h1-4,11H,5H2. The summed E-state index contributed by atoms with van der Waals surface area (Å²) >= 11 is 4.09. The van der Waals surface area contributed by atoms with Crippen LogP contribution in [0.1, 0.15) is 5.56 Å². The van der Waals surface area contributed by atoms with Crippen molar-refractivity contribution in [2.24, 2.45) is 5.11 Å². The van der Waals surface area contributed by atoms with Gasteiger partial charge in [-0.05, 0) is 11.1 Å². The molecule has 0 aliphatic rings. The molecule has 1 aromatic carbocycles. The Balaban J connectivity index is 3.11. The van der Waals surface area contributed by atoms with Gasteiger partial charge in [0.05, 0.1) is 0 Å². The lowest BCUT2D eigenvalue weighted by Gasteiger charge is -1.97. The van der Waals surface area contributed by atoms with Gasteiger partial charge in [-0.3, -0.25) is 0 Å². The summed E-state index contributed by atoms with van der Waals surface area (Å²) in [5.74, 6) is 0.592. The highest BCUT2D eigenvalue weighted by molar-refractivity contribution is 7.79. The molecule has 0 bridgehead atoms. The molecule has 0 saturated carbocycles. The van der Waals surface area contributed by atoms with E-state index in [1.54, 1.807) is 6.07 Å². The summed E-state index contributed by atoms with van der Waals surface area (Å²) in [5, 5.41) is 3.51. The van der Waals surface area contributed by atoms with Crippen LogP contribution in [0.3, 0.4) is 0 Å². The molecule has 0 radical (unpaired) electrons. The van der Waals surface area contributed by atoms with E-state index in [0.29, 0.717) is 11.4 Å². The zero-order valence-corrected chi connectivity index (χ0v) is 6.70. The lowest BCUT2D eigenvalue weighted by atomic mass is 10.2. The molecule has 0 atom stereocenters. The first-order chi connectivity index (χ1) is 5.38. The van der Waals surface area contributed by atoms with E-state index in [2.05, 4.69) is 22.7 Å². The number of benzene rings is 1. The molecule has 0 unspecified atom stereocenters. The van der Waals surface area contributed by atoms with Gasteiger partial charge in [-0.25, -0.2) is 0 Å². The fourth-order valence-corrected chi connectivity index (χ4v) is 1.06. The van der Waals surface area contributed by atoms with Crippen LogP contribution >= 0.6 is 12.6 Å². The van der Waals surface area contributed by atoms with E-state index in [-0.39, 0.29) is 0 Å². The molecule has 0 heterocycles. The molecule has 0 spiro atoms. The summed E-state index contributed by atoms with van der Waals surface area (Å²) in [6.45, 7) is 0. The maximum atomic E-state index is 8.17. The number of hydrogen-bond donors (Lipinski definition) is 1. The minimum atomic E-state index is 0.592. The summed E-state index contributed by atoms with van der Waals surface area (Å²) in [7, 11) is 0. The highest BCUT2D eigenvalue weighted by atomic mass is 32.1. The lowest BCUT2D eigenvalue weighted by molar-refractivity contribution is 1.35. The van der Waals surface area contributed by atoms with Crippen LogP contribution in [0.15, 0.2) is 29.4 Å². The van der Waals surface area contributed by atoms with Gasteiger partial charge in [0.2, 0.25) is 0 Å². The van der Waals surface area contributed by atoms with Gasteiger partial charge in [0.25, 0.3) is 0 Å². The van der Waals surface area contributed by atoms with Gasteiger partial charge in [-0.15, -0.1) is 0 Å². The van der Waals surface area contributed by atoms with Crippen molar-refractivity contribution in [2.45, 2.75) is 5.75 Å². The van der Waals surface area contributed by atoms with Gasteiger partial charge in [0, 0.05) is 16.4 Å². The first-order valence-electron chi connectivity index (χ1n) is 3.12. The first-order valence-corrected chi connectivity index (χ1v) is 3.75. The van der Waals surface area contributed by atoms with E-state index in [9.17, 15) is 0 Å². The molecule has 11 heavy (non-hydrogen) atoms. The summed E-state index contributed by atoms with van der Waals surface area (Å²) < 4.78 is 0. The van der Waals surface area contributed by atoms with Gasteiger partial charge in [-0.2, -0.15) is 12.6 Å². The van der Waals surface area contributed by atoms with Crippen molar-refractivity contribution in [3.8, 4) is 0 Å². The van der Waals surface area contributed by atoms with Gasteiger partial charge < -0.3 is 0 Å². The third-order valence-corrected chi connectivity index (χ3v) is 1.66. The predicted molar refractivity (Wildman–Crippen MR) is 47.9 cm³/mol. The number of thiol groups is 1. The zero-order chi connectivity index (χ0) is 8.10. The fourth-order valence-electron chi connectivity index (χ4n) is 0.790. The van der Waals surface area contributed by atoms with Crippen LogP contribution in [0, 0.1) is 0 Å². The summed E-state index contributed by atoms with van der Waals surface area (Å²) in [6, 6.07) is 7.38. The Labute approximate surface area is 70.1 Å². The molecular formula is C7H7N3S. The van der Waals surface area contributed by atoms with Crippen LogP contribution in [0.25, 0.3) is 10.4 Å². The molecule has 0 aliphatic heterocycles. The molecule has 4 heteroatoms. The maximum absolute atomic E-state index is 8.17. The van der Waals surface area contributed by atoms with E-state index < -0.39 is 0 Å². The van der Waals surface area contributed by atoms with Crippen molar-refractivity contribution < 1.29 is 0 Å². The number of nitrogens with zero attached hydrogens (tertiary/aromatic N) is 3. The number of hydrogen-bond acceptors (Lipinski definition) is 2. The SMILES string of the molecule is [N-]=[N+]=Nc1ccccc1CS. The number of rotatable bonds is 2. The van der Waals surface area contributed by atoms with Gasteiger partial charge >= 0.3 is 0 Å². The Morgan fingerprint density at radius 2 is 2.18 bits per heavy atom. The summed E-state index contributed by atoms with van der Waals surface area (Å²) in [6.07, 6.45) is 0. The lowest BCUT2D eigenvalue weighted by Crippen LogP contribution is -1.75. The van der Waals surface area contributed by atoms with Crippen LogP contribution in [0.4, 0.5) is 5.69 Å². The Kier molecular flexibility index (Phi) is 2.83. The average Bonchev–Trinajstić information content (AvgIpc) is 2.06. The molecule has 0 N–H and O–H groups in total. The summed E-state index contributed by atoms with van der Waals surface area (Å²) in [5.41, 5.74) is 9.78. The highest BCUT2D eigenvalue weighted by Gasteiger charge is 1.94. The van der Waals surface area contributed by atoms with E-state index in [1.165, 1.54) is 0 Å². The van der Waals surface area contributed by atoms with Crippen LogP contribution in [-0.4, -0.2) is 0 Å². The van der Waals surface area contributed by atoms with Crippen molar-refractivity contribution in [1.82, 2.24) is 0 Å². The monoisotopic (exact) mass is 165 g/mol. The van der Waals surface area contributed by atoms with Gasteiger partial charge in [-0.1, -0.05) is 29.4 Å². The van der Waals surface area contributed by atoms with Crippen molar-refractivity contribution in [3.05, 3.63) is 40.3 Å². The quantitative estimate of drug-likeness (QED) is 0.303. The minimum absolute atomic E-state index is 0.592. The fraction of sp³-hybridized carbons (Fsp3) is 0.143. The molecule has 0 saturated heterocycles. The normalized spacial score (nSPS) is 8.82. The smallest absolute Gasteiger partial charge is 0.0415 e. The van der Waals surface area contributed by atoms with E-state index in [1.807, 2.05) is 18.2 Å². The molecule has 0 fully saturated rings. The Morgan fingerprint density at radius 3 is 2.82 bits per heavy atom. The average molecular weight is 165 g/mol. The van der Waals surface area contributed by atoms with Crippen molar-refractivity contribution in [2.75, 3.05) is 0 Å². The van der Waals surface area contributed by atoms with Crippen LogP contribution < -0.4 is 0 Å². The molecule has 56 valence electrons. The van der Waals surface area contributed by atoms with Crippen molar-refractivity contribution in [3.63, 3.8) is 0 Å². The van der Waals surface area contributed by atoms with Gasteiger partial charge in [0.1, 0.15) is 0 Å². The molecule has 1 rings (SSSR count). The predicted octanol–water partition coefficient (Wildman–Crippen LogP) is 3.06. The highest BCUT2D eigenvalue weighted by Crippen LogP contribution is 2.19. The molecule has 0 aliphatic carbocycles. The van der Waals surface area contributed by atoms with Crippen LogP contribution in [0.2, 0.25) is 0 Å². The third kappa shape index (κ3) is 1.90. The van der Waals surface area contributed by atoms with Crippen LogP contribution in [0.5, 0.6) is 0 Å². The minimum Gasteiger partial charge on any atom is -0.175 e. The molecular weight excluding hydrogens is 158 g/mol. The third-order valence-electron chi connectivity index (χ3n) is 1.31. The van der Waals surface area contributed by atoms with Crippen molar-refractivity contribution in [1.29, 1.82) is 0 Å². The van der Waals surface area contributed by atoms with Crippen molar-refractivity contribution >= 4 is 18.3 Å². The second-order valence-corrected chi connectivity index (χ2v) is 2.29. The molecule has 1 aromatic rings. The second-order valence-electron chi connectivity index (χ2n) is 1.98. The first kappa shape index (κ1) is 7.98. The Bertz CT molecular complexity index is 291. The molecule has 3 nitrogen and oxygen atoms in total. The topological polar surface area (TPSA) is 48.8 Å².